The molecule has 6 heteroatoms. The van der Waals surface area contributed by atoms with Crippen LogP contribution in [0.25, 0.3) is 0 Å². The molecular weight excluding hydrogens is 338 g/mol. The molecule has 1 aliphatic rings. The third-order valence-electron chi connectivity index (χ3n) is 5.22. The van der Waals surface area contributed by atoms with Gasteiger partial charge in [-0.05, 0) is 55.5 Å². The predicted molar refractivity (Wildman–Crippen MR) is 103 cm³/mol. The Hall–Kier alpha value is -2.89. The van der Waals surface area contributed by atoms with Crippen molar-refractivity contribution in [3.05, 3.63) is 72.3 Å². The van der Waals surface area contributed by atoms with Crippen molar-refractivity contribution in [1.82, 2.24) is 24.5 Å². The summed E-state index contributed by atoms with van der Waals surface area (Å²) in [5.74, 6) is 0.141. The lowest BCUT2D eigenvalue weighted by Crippen LogP contribution is -2.44. The Morgan fingerprint density at radius 1 is 1.04 bits per heavy atom. The van der Waals surface area contributed by atoms with Gasteiger partial charge in [0.05, 0.1) is 6.54 Å². The topological polar surface area (TPSA) is 56.0 Å². The Balaban J connectivity index is 1.46. The van der Waals surface area contributed by atoms with Crippen LogP contribution in [0, 0.1) is 0 Å². The zero-order valence-electron chi connectivity index (χ0n) is 15.4. The van der Waals surface area contributed by atoms with E-state index in [9.17, 15) is 4.79 Å². The Kier molecular flexibility index (Phi) is 5.32. The zero-order chi connectivity index (χ0) is 18.5. The molecule has 140 valence electrons. The van der Waals surface area contributed by atoms with Gasteiger partial charge in [0.2, 0.25) is 0 Å². The number of likely N-dealkylation sites (tertiary alicyclic amines) is 1. The number of hydrogen-bond donors (Lipinski definition) is 0. The highest BCUT2D eigenvalue weighted by Crippen LogP contribution is 2.23. The minimum absolute atomic E-state index is 0.141. The maximum Gasteiger partial charge on any atom is 0.254 e. The van der Waals surface area contributed by atoms with Crippen LogP contribution in [0.3, 0.4) is 0 Å². The lowest BCUT2D eigenvalue weighted by Gasteiger charge is -2.36. The minimum Gasteiger partial charge on any atom is -0.336 e. The summed E-state index contributed by atoms with van der Waals surface area (Å²) in [7, 11) is 0. The molecule has 27 heavy (non-hydrogen) atoms. The van der Waals surface area contributed by atoms with Gasteiger partial charge in [-0.15, -0.1) is 0 Å². The van der Waals surface area contributed by atoms with E-state index in [-0.39, 0.29) is 11.9 Å². The van der Waals surface area contributed by atoms with Crippen LogP contribution in [0.2, 0.25) is 0 Å². The van der Waals surface area contributed by atoms with Gasteiger partial charge in [0.15, 0.2) is 0 Å². The normalized spacial score (nSPS) is 17.2. The van der Waals surface area contributed by atoms with Crippen LogP contribution in [0.4, 0.5) is 0 Å². The summed E-state index contributed by atoms with van der Waals surface area (Å²) in [6.45, 7) is 2.36. The fraction of sp³-hybridized carbons (Fsp3) is 0.381. The molecule has 0 bridgehead atoms. The van der Waals surface area contributed by atoms with E-state index in [0.29, 0.717) is 6.54 Å². The molecule has 0 radical (unpaired) electrons. The number of piperidine rings is 1. The number of nitrogens with zero attached hydrogens (tertiary/aromatic N) is 5. The molecule has 1 atom stereocenters. The monoisotopic (exact) mass is 363 g/mol. The maximum atomic E-state index is 13.2. The first-order valence-corrected chi connectivity index (χ1v) is 9.64. The highest BCUT2D eigenvalue weighted by molar-refractivity contribution is 5.94. The number of aryl methyl sites for hydroxylation is 1. The second-order valence-corrected chi connectivity index (χ2v) is 7.11. The van der Waals surface area contributed by atoms with E-state index in [4.69, 9.17) is 0 Å². The van der Waals surface area contributed by atoms with Gasteiger partial charge in [-0.1, -0.05) is 12.1 Å². The van der Waals surface area contributed by atoms with Gasteiger partial charge in [-0.3, -0.25) is 14.2 Å². The standard InChI is InChI=1S/C21H25N5O/c27-21(19-7-3-6-18(16-19)17-25-13-5-11-23-25)26-14-2-1-8-20(26)9-15-24-12-4-10-22-24/h3-7,10-13,16,20H,1-2,8-9,14-15,17H2/t20-/m1/s1. The number of hydrogen-bond acceptors (Lipinski definition) is 3. The van der Waals surface area contributed by atoms with E-state index in [2.05, 4.69) is 15.1 Å². The molecule has 0 saturated carbocycles. The fourth-order valence-corrected chi connectivity index (χ4v) is 3.83. The summed E-state index contributed by atoms with van der Waals surface area (Å²) in [6, 6.07) is 12.1. The average molecular weight is 363 g/mol. The largest absolute Gasteiger partial charge is 0.336 e. The summed E-state index contributed by atoms with van der Waals surface area (Å²) >= 11 is 0. The predicted octanol–water partition coefficient (Wildman–Crippen LogP) is 3.21. The van der Waals surface area contributed by atoms with Crippen LogP contribution >= 0.6 is 0 Å². The van der Waals surface area contributed by atoms with Crippen LogP contribution in [0.5, 0.6) is 0 Å². The SMILES string of the molecule is O=C(c1cccc(Cn2cccn2)c1)N1CCCC[C@@H]1CCn1cccn1. The summed E-state index contributed by atoms with van der Waals surface area (Å²) in [5.41, 5.74) is 1.86. The second-order valence-electron chi connectivity index (χ2n) is 7.11. The Labute approximate surface area is 159 Å². The first-order chi connectivity index (χ1) is 13.3. The molecule has 1 aromatic carbocycles. The van der Waals surface area contributed by atoms with Crippen LogP contribution in [-0.4, -0.2) is 43.0 Å². The van der Waals surface area contributed by atoms with Gasteiger partial charge in [0.1, 0.15) is 0 Å². The quantitative estimate of drug-likeness (QED) is 0.676. The molecule has 0 N–H and O–H groups in total. The van der Waals surface area contributed by atoms with Crippen molar-refractivity contribution >= 4 is 5.91 Å². The zero-order valence-corrected chi connectivity index (χ0v) is 15.4. The van der Waals surface area contributed by atoms with Crippen LogP contribution in [-0.2, 0) is 13.1 Å². The summed E-state index contributed by atoms with van der Waals surface area (Å²) in [6.07, 6.45) is 11.8. The van der Waals surface area contributed by atoms with Crippen LogP contribution in [0.15, 0.2) is 61.2 Å². The van der Waals surface area contributed by atoms with E-state index in [1.807, 2.05) is 58.2 Å². The molecule has 4 rings (SSSR count). The lowest BCUT2D eigenvalue weighted by molar-refractivity contribution is 0.0594. The number of amides is 1. The number of carbonyl (C=O) groups excluding carboxylic acids is 1. The third-order valence-corrected chi connectivity index (χ3v) is 5.22. The second kappa shape index (κ2) is 8.20. The molecule has 6 nitrogen and oxygen atoms in total. The van der Waals surface area contributed by atoms with Crippen molar-refractivity contribution < 1.29 is 4.79 Å². The van der Waals surface area contributed by atoms with Gasteiger partial charge in [-0.25, -0.2) is 0 Å². The van der Waals surface area contributed by atoms with E-state index < -0.39 is 0 Å². The molecule has 2 aromatic heterocycles. The van der Waals surface area contributed by atoms with Crippen molar-refractivity contribution in [3.63, 3.8) is 0 Å². The highest BCUT2D eigenvalue weighted by atomic mass is 16.2. The summed E-state index contributed by atoms with van der Waals surface area (Å²) in [5, 5.41) is 8.53. The van der Waals surface area contributed by atoms with E-state index in [1.165, 1.54) is 6.42 Å². The van der Waals surface area contributed by atoms with Crippen molar-refractivity contribution in [3.8, 4) is 0 Å². The van der Waals surface area contributed by atoms with Crippen LogP contribution < -0.4 is 0 Å². The summed E-state index contributed by atoms with van der Waals surface area (Å²) < 4.78 is 3.82. The minimum atomic E-state index is 0.141. The van der Waals surface area contributed by atoms with Crippen molar-refractivity contribution in [2.75, 3.05) is 6.54 Å². The molecule has 0 aliphatic carbocycles. The van der Waals surface area contributed by atoms with Crippen molar-refractivity contribution in [2.24, 2.45) is 0 Å². The maximum absolute atomic E-state index is 13.2. The van der Waals surface area contributed by atoms with Gasteiger partial charge in [0.25, 0.3) is 5.91 Å². The Morgan fingerprint density at radius 3 is 2.63 bits per heavy atom. The molecule has 3 aromatic rings. The van der Waals surface area contributed by atoms with Gasteiger partial charge in [0, 0.05) is 49.5 Å². The Morgan fingerprint density at radius 2 is 1.85 bits per heavy atom. The number of aromatic nitrogens is 4. The highest BCUT2D eigenvalue weighted by Gasteiger charge is 2.27. The van der Waals surface area contributed by atoms with Crippen molar-refractivity contribution in [1.29, 1.82) is 0 Å². The van der Waals surface area contributed by atoms with E-state index in [0.717, 1.165) is 43.5 Å². The van der Waals surface area contributed by atoms with Gasteiger partial charge < -0.3 is 4.90 Å². The fourth-order valence-electron chi connectivity index (χ4n) is 3.83. The number of rotatable bonds is 6. The third kappa shape index (κ3) is 4.27. The van der Waals surface area contributed by atoms with E-state index >= 15 is 0 Å². The van der Waals surface area contributed by atoms with Crippen LogP contribution in [0.1, 0.15) is 41.6 Å². The molecule has 1 fully saturated rings. The molecule has 1 amide bonds. The van der Waals surface area contributed by atoms with Gasteiger partial charge in [-0.2, -0.15) is 10.2 Å². The van der Waals surface area contributed by atoms with Crippen molar-refractivity contribution in [2.45, 2.75) is 44.8 Å². The first-order valence-electron chi connectivity index (χ1n) is 9.64. The molecule has 0 spiro atoms. The first kappa shape index (κ1) is 17.5. The summed E-state index contributed by atoms with van der Waals surface area (Å²) in [4.78, 5) is 15.3. The molecular formula is C21H25N5O. The number of carbonyl (C=O) groups is 1. The van der Waals surface area contributed by atoms with E-state index in [1.54, 1.807) is 12.4 Å². The lowest BCUT2D eigenvalue weighted by atomic mass is 9.97. The molecule has 3 heterocycles. The van der Waals surface area contributed by atoms with Gasteiger partial charge >= 0.3 is 0 Å². The average Bonchev–Trinajstić information content (AvgIpc) is 3.40. The number of benzene rings is 1. The molecule has 1 saturated heterocycles. The molecule has 1 aliphatic heterocycles. The Bertz CT molecular complexity index is 857. The molecule has 0 unspecified atom stereocenters. The smallest absolute Gasteiger partial charge is 0.254 e.